The lowest BCUT2D eigenvalue weighted by Crippen LogP contribution is -2.30. The van der Waals surface area contributed by atoms with Crippen molar-refractivity contribution in [2.24, 2.45) is 0 Å². The number of methoxy groups -OCH3 is 1. The minimum absolute atomic E-state index is 0.175. The molecule has 0 bridgehead atoms. The summed E-state index contributed by atoms with van der Waals surface area (Å²) < 4.78 is 33.5. The van der Waals surface area contributed by atoms with E-state index in [2.05, 4.69) is 0 Å². The zero-order valence-electron chi connectivity index (χ0n) is 14.6. The van der Waals surface area contributed by atoms with E-state index in [0.29, 0.717) is 5.75 Å². The first kappa shape index (κ1) is 18.2. The van der Waals surface area contributed by atoms with Crippen LogP contribution in [0.25, 0.3) is 0 Å². The summed E-state index contributed by atoms with van der Waals surface area (Å²) in [6.45, 7) is 0.576. The molecule has 0 aliphatic carbocycles. The summed E-state index contributed by atoms with van der Waals surface area (Å²) in [6.07, 6.45) is 0. The summed E-state index contributed by atoms with van der Waals surface area (Å²) >= 11 is 0. The fourth-order valence-corrected chi connectivity index (χ4v) is 4.34. The van der Waals surface area contributed by atoms with Crippen molar-refractivity contribution >= 4 is 10.0 Å². The minimum atomic E-state index is -3.73. The largest absolute Gasteiger partial charge is 0.495 e. The normalized spacial score (nSPS) is 11.5. The molecule has 26 heavy (non-hydrogen) atoms. The molecule has 0 radical (unpaired) electrons. The molecule has 0 aliphatic rings. The summed E-state index contributed by atoms with van der Waals surface area (Å²) in [5.74, 6) is 0.346. The van der Waals surface area contributed by atoms with E-state index in [1.807, 2.05) is 60.7 Å². The first-order valence-electron chi connectivity index (χ1n) is 8.32. The molecule has 0 aliphatic heterocycles. The Morgan fingerprint density at radius 3 is 1.69 bits per heavy atom. The van der Waals surface area contributed by atoms with Gasteiger partial charge in [-0.1, -0.05) is 72.8 Å². The fourth-order valence-electron chi connectivity index (χ4n) is 2.77. The summed E-state index contributed by atoms with van der Waals surface area (Å²) in [4.78, 5) is 0.175. The highest BCUT2D eigenvalue weighted by Gasteiger charge is 2.27. The predicted molar refractivity (Wildman–Crippen MR) is 102 cm³/mol. The van der Waals surface area contributed by atoms with Crippen LogP contribution in [-0.2, 0) is 23.1 Å². The van der Waals surface area contributed by atoms with Crippen LogP contribution < -0.4 is 4.74 Å². The van der Waals surface area contributed by atoms with Gasteiger partial charge in [-0.3, -0.25) is 0 Å². The van der Waals surface area contributed by atoms with Crippen molar-refractivity contribution in [3.63, 3.8) is 0 Å². The molecule has 0 spiro atoms. The van der Waals surface area contributed by atoms with E-state index in [9.17, 15) is 8.42 Å². The second kappa shape index (κ2) is 8.17. The molecule has 0 fully saturated rings. The molecule has 0 heterocycles. The quantitative estimate of drug-likeness (QED) is 0.632. The van der Waals surface area contributed by atoms with Gasteiger partial charge in [0.1, 0.15) is 10.6 Å². The molecular weight excluding hydrogens is 346 g/mol. The molecule has 3 aromatic rings. The number of hydrogen-bond donors (Lipinski definition) is 0. The third-order valence-electron chi connectivity index (χ3n) is 4.09. The fraction of sp³-hybridized carbons (Fsp3) is 0.143. The van der Waals surface area contributed by atoms with Crippen LogP contribution in [0.1, 0.15) is 11.1 Å². The Labute approximate surface area is 154 Å². The molecular formula is C21H21NO3S. The van der Waals surface area contributed by atoms with Crippen molar-refractivity contribution in [3.8, 4) is 5.75 Å². The number of rotatable bonds is 7. The Balaban J connectivity index is 2.01. The summed E-state index contributed by atoms with van der Waals surface area (Å²) in [5, 5.41) is 0. The van der Waals surface area contributed by atoms with Gasteiger partial charge >= 0.3 is 0 Å². The first-order chi connectivity index (χ1) is 12.6. The number of sulfonamides is 1. The molecule has 3 rings (SSSR count). The van der Waals surface area contributed by atoms with Crippen LogP contribution in [0.3, 0.4) is 0 Å². The van der Waals surface area contributed by atoms with Crippen LogP contribution in [-0.4, -0.2) is 19.8 Å². The van der Waals surface area contributed by atoms with Gasteiger partial charge in [-0.2, -0.15) is 4.31 Å². The van der Waals surface area contributed by atoms with Crippen molar-refractivity contribution in [2.45, 2.75) is 18.0 Å². The zero-order chi connectivity index (χ0) is 18.4. The average Bonchev–Trinajstić information content (AvgIpc) is 2.69. The van der Waals surface area contributed by atoms with Gasteiger partial charge in [-0.25, -0.2) is 8.42 Å². The van der Waals surface area contributed by atoms with E-state index in [0.717, 1.165) is 11.1 Å². The highest BCUT2D eigenvalue weighted by molar-refractivity contribution is 7.89. The summed E-state index contributed by atoms with van der Waals surface area (Å²) in [7, 11) is -2.25. The van der Waals surface area contributed by atoms with E-state index in [1.165, 1.54) is 11.4 Å². The highest BCUT2D eigenvalue weighted by atomic mass is 32.2. The Kier molecular flexibility index (Phi) is 5.71. The lowest BCUT2D eigenvalue weighted by atomic mass is 10.2. The number of hydrogen-bond acceptors (Lipinski definition) is 3. The van der Waals surface area contributed by atoms with Gasteiger partial charge in [0.2, 0.25) is 10.0 Å². The molecule has 5 heteroatoms. The van der Waals surface area contributed by atoms with Gasteiger partial charge in [-0.15, -0.1) is 0 Å². The number of para-hydroxylation sites is 1. The second-order valence-corrected chi connectivity index (χ2v) is 7.80. The number of nitrogens with zero attached hydrogens (tertiary/aromatic N) is 1. The maximum absolute atomic E-state index is 13.4. The minimum Gasteiger partial charge on any atom is -0.495 e. The molecule has 0 aromatic heterocycles. The third kappa shape index (κ3) is 4.12. The van der Waals surface area contributed by atoms with E-state index in [-0.39, 0.29) is 18.0 Å². The topological polar surface area (TPSA) is 46.6 Å². The van der Waals surface area contributed by atoms with Crippen molar-refractivity contribution < 1.29 is 13.2 Å². The Hall–Kier alpha value is -2.63. The van der Waals surface area contributed by atoms with E-state index in [1.54, 1.807) is 24.3 Å². The van der Waals surface area contributed by atoms with Crippen LogP contribution in [0, 0.1) is 0 Å². The maximum atomic E-state index is 13.4. The smallest absolute Gasteiger partial charge is 0.247 e. The molecule has 0 amide bonds. The molecule has 0 saturated carbocycles. The van der Waals surface area contributed by atoms with Crippen LogP contribution in [0.5, 0.6) is 5.75 Å². The number of ether oxygens (including phenoxy) is 1. The van der Waals surface area contributed by atoms with Gasteiger partial charge in [-0.05, 0) is 23.3 Å². The van der Waals surface area contributed by atoms with Crippen LogP contribution >= 0.6 is 0 Å². The van der Waals surface area contributed by atoms with Gasteiger partial charge in [0.05, 0.1) is 7.11 Å². The highest BCUT2D eigenvalue weighted by Crippen LogP contribution is 2.28. The lowest BCUT2D eigenvalue weighted by molar-refractivity contribution is 0.383. The van der Waals surface area contributed by atoms with Gasteiger partial charge in [0, 0.05) is 13.1 Å². The van der Waals surface area contributed by atoms with Gasteiger partial charge < -0.3 is 4.74 Å². The lowest BCUT2D eigenvalue weighted by Gasteiger charge is -2.23. The Morgan fingerprint density at radius 1 is 0.731 bits per heavy atom. The monoisotopic (exact) mass is 367 g/mol. The van der Waals surface area contributed by atoms with Crippen LogP contribution in [0.2, 0.25) is 0 Å². The Morgan fingerprint density at radius 2 is 1.19 bits per heavy atom. The standard InChI is InChI=1S/C21H21NO3S/c1-25-20-14-8-9-15-21(20)26(23,24)22(16-18-10-4-2-5-11-18)17-19-12-6-3-7-13-19/h2-15H,16-17H2,1H3. The summed E-state index contributed by atoms with van der Waals surface area (Å²) in [5.41, 5.74) is 1.86. The van der Waals surface area contributed by atoms with Crippen molar-refractivity contribution in [1.29, 1.82) is 0 Å². The predicted octanol–water partition coefficient (Wildman–Crippen LogP) is 4.09. The van der Waals surface area contributed by atoms with E-state index < -0.39 is 10.0 Å². The summed E-state index contributed by atoms with van der Waals surface area (Å²) in [6, 6.07) is 25.9. The molecule has 134 valence electrons. The van der Waals surface area contributed by atoms with Gasteiger partial charge in [0.15, 0.2) is 0 Å². The van der Waals surface area contributed by atoms with Crippen LogP contribution in [0.4, 0.5) is 0 Å². The van der Waals surface area contributed by atoms with Crippen molar-refractivity contribution in [3.05, 3.63) is 96.1 Å². The SMILES string of the molecule is COc1ccccc1S(=O)(=O)N(Cc1ccccc1)Cc1ccccc1. The van der Waals surface area contributed by atoms with Crippen molar-refractivity contribution in [1.82, 2.24) is 4.31 Å². The second-order valence-electron chi connectivity index (χ2n) is 5.90. The average molecular weight is 367 g/mol. The first-order valence-corrected chi connectivity index (χ1v) is 9.76. The molecule has 0 saturated heterocycles. The molecule has 0 N–H and O–H groups in total. The maximum Gasteiger partial charge on any atom is 0.247 e. The molecule has 0 atom stereocenters. The van der Waals surface area contributed by atoms with E-state index >= 15 is 0 Å². The molecule has 0 unspecified atom stereocenters. The van der Waals surface area contributed by atoms with Crippen molar-refractivity contribution in [2.75, 3.05) is 7.11 Å². The van der Waals surface area contributed by atoms with Gasteiger partial charge in [0.25, 0.3) is 0 Å². The Bertz CT molecular complexity index is 900. The molecule has 3 aromatic carbocycles. The molecule has 4 nitrogen and oxygen atoms in total. The van der Waals surface area contributed by atoms with Crippen LogP contribution in [0.15, 0.2) is 89.8 Å². The zero-order valence-corrected chi connectivity index (χ0v) is 15.4. The third-order valence-corrected chi connectivity index (χ3v) is 5.92. The van der Waals surface area contributed by atoms with E-state index in [4.69, 9.17) is 4.74 Å². The number of benzene rings is 3.